The van der Waals surface area contributed by atoms with E-state index < -0.39 is 11.6 Å². The Hall–Kier alpha value is -1.83. The quantitative estimate of drug-likeness (QED) is 0.528. The van der Waals surface area contributed by atoms with E-state index in [-0.39, 0.29) is 11.3 Å². The summed E-state index contributed by atoms with van der Waals surface area (Å²) in [5, 5.41) is 9.09. The fraction of sp³-hybridized carbons (Fsp3) is 0.0667. The van der Waals surface area contributed by atoms with Gasteiger partial charge in [0.2, 0.25) is 5.16 Å². The maximum absolute atomic E-state index is 13.7. The summed E-state index contributed by atoms with van der Waals surface area (Å²) in [7, 11) is 0. The first kappa shape index (κ1) is 17.0. The topological polar surface area (TPSA) is 56.7 Å². The zero-order chi connectivity index (χ0) is 17.3. The average Bonchev–Trinajstić information content (AvgIpc) is 2.88. The summed E-state index contributed by atoms with van der Waals surface area (Å²) < 4.78 is 28.5. The molecule has 0 saturated heterocycles. The van der Waals surface area contributed by atoms with Gasteiger partial charge in [-0.1, -0.05) is 41.0 Å². The average molecular weight is 387 g/mol. The van der Waals surface area contributed by atoms with Crippen LogP contribution in [0.25, 0.3) is 11.4 Å². The van der Waals surface area contributed by atoms with Gasteiger partial charge in [-0.2, -0.15) is 0 Å². The van der Waals surface area contributed by atoms with Crippen molar-refractivity contribution in [3.05, 3.63) is 63.6 Å². The van der Waals surface area contributed by atoms with Gasteiger partial charge >= 0.3 is 0 Å². The highest BCUT2D eigenvalue weighted by atomic mass is 35.5. The molecule has 0 amide bonds. The molecule has 2 aromatic carbocycles. The van der Waals surface area contributed by atoms with Crippen LogP contribution in [0.1, 0.15) is 5.56 Å². The van der Waals surface area contributed by atoms with Crippen LogP contribution in [-0.2, 0) is 5.75 Å². The second kappa shape index (κ2) is 6.96. The maximum atomic E-state index is 13.7. The van der Waals surface area contributed by atoms with Crippen molar-refractivity contribution in [2.24, 2.45) is 0 Å². The lowest BCUT2D eigenvalue weighted by Gasteiger charge is -2.06. The molecule has 9 heteroatoms. The molecule has 0 bridgehead atoms. The summed E-state index contributed by atoms with van der Waals surface area (Å²) in [5.74, 6) is 5.09. The van der Waals surface area contributed by atoms with Crippen molar-refractivity contribution in [2.45, 2.75) is 10.9 Å². The van der Waals surface area contributed by atoms with Crippen molar-refractivity contribution in [3.63, 3.8) is 0 Å². The molecular weight excluding hydrogens is 377 g/mol. The molecule has 1 heterocycles. The summed E-state index contributed by atoms with van der Waals surface area (Å²) in [6.45, 7) is 0. The Bertz CT molecular complexity index is 881. The van der Waals surface area contributed by atoms with E-state index in [2.05, 4.69) is 10.2 Å². The second-order valence-corrected chi connectivity index (χ2v) is 6.58. The predicted molar refractivity (Wildman–Crippen MR) is 91.5 cm³/mol. The number of aromatic nitrogens is 3. The minimum Gasteiger partial charge on any atom is -0.335 e. The van der Waals surface area contributed by atoms with Gasteiger partial charge < -0.3 is 5.84 Å². The van der Waals surface area contributed by atoms with E-state index in [1.54, 1.807) is 18.2 Å². The number of nitrogen functional groups attached to an aromatic ring is 1. The van der Waals surface area contributed by atoms with Crippen molar-refractivity contribution >= 4 is 35.0 Å². The van der Waals surface area contributed by atoms with E-state index in [0.29, 0.717) is 26.6 Å². The molecule has 0 atom stereocenters. The van der Waals surface area contributed by atoms with Gasteiger partial charge in [-0.3, -0.25) is 0 Å². The molecule has 3 rings (SSSR count). The molecule has 124 valence electrons. The van der Waals surface area contributed by atoms with Crippen molar-refractivity contribution in [2.75, 3.05) is 5.84 Å². The largest absolute Gasteiger partial charge is 0.335 e. The first-order chi connectivity index (χ1) is 11.5. The number of rotatable bonds is 4. The summed E-state index contributed by atoms with van der Waals surface area (Å²) in [6, 6.07) is 8.59. The molecule has 4 nitrogen and oxygen atoms in total. The van der Waals surface area contributed by atoms with Crippen LogP contribution in [0.5, 0.6) is 0 Å². The first-order valence-electron chi connectivity index (χ1n) is 6.69. The summed E-state index contributed by atoms with van der Waals surface area (Å²) in [6.07, 6.45) is 0. The standard InChI is InChI=1S/C15H10Cl2F2N4S/c16-8-4-5-9(11(17)6-8)14-21-22-15(23(14)20)24-7-10-12(18)2-1-3-13(10)19/h1-6H,7,20H2. The fourth-order valence-electron chi connectivity index (χ4n) is 2.04. The molecule has 0 saturated carbocycles. The number of halogens is 4. The summed E-state index contributed by atoms with van der Waals surface area (Å²) in [5.41, 5.74) is 0.511. The number of thioether (sulfide) groups is 1. The second-order valence-electron chi connectivity index (χ2n) is 4.79. The molecule has 24 heavy (non-hydrogen) atoms. The molecule has 0 spiro atoms. The van der Waals surface area contributed by atoms with Gasteiger partial charge in [-0.05, 0) is 30.3 Å². The van der Waals surface area contributed by atoms with Crippen LogP contribution in [0.2, 0.25) is 10.0 Å². The third kappa shape index (κ3) is 3.33. The van der Waals surface area contributed by atoms with Gasteiger partial charge in [0.25, 0.3) is 0 Å². The highest BCUT2D eigenvalue weighted by Gasteiger charge is 2.16. The Labute approximate surface area is 150 Å². The third-order valence-corrected chi connectivity index (χ3v) is 4.76. The predicted octanol–water partition coefficient (Wildman–Crippen LogP) is 4.54. The van der Waals surface area contributed by atoms with E-state index in [4.69, 9.17) is 29.0 Å². The zero-order valence-corrected chi connectivity index (χ0v) is 14.3. The number of nitrogens with two attached hydrogens (primary N) is 1. The van der Waals surface area contributed by atoms with Gasteiger partial charge in [-0.15, -0.1) is 10.2 Å². The molecule has 0 aliphatic carbocycles. The van der Waals surface area contributed by atoms with E-state index in [9.17, 15) is 8.78 Å². The Morgan fingerprint density at radius 2 is 1.79 bits per heavy atom. The van der Waals surface area contributed by atoms with Crippen LogP contribution >= 0.6 is 35.0 Å². The molecular formula is C15H10Cl2F2N4S. The first-order valence-corrected chi connectivity index (χ1v) is 8.43. The molecule has 2 N–H and O–H groups in total. The number of nitrogens with zero attached hydrogens (tertiary/aromatic N) is 3. The van der Waals surface area contributed by atoms with Gasteiger partial charge in [0.05, 0.1) is 5.02 Å². The molecule has 0 fully saturated rings. The van der Waals surface area contributed by atoms with Crippen molar-refractivity contribution in [3.8, 4) is 11.4 Å². The molecule has 0 aliphatic rings. The van der Waals surface area contributed by atoms with Crippen LogP contribution < -0.4 is 5.84 Å². The lowest BCUT2D eigenvalue weighted by atomic mass is 10.2. The van der Waals surface area contributed by atoms with Gasteiger partial charge in [0.15, 0.2) is 5.82 Å². The highest BCUT2D eigenvalue weighted by molar-refractivity contribution is 7.98. The number of benzene rings is 2. The maximum Gasteiger partial charge on any atom is 0.210 e. The molecule has 1 aromatic heterocycles. The van der Waals surface area contributed by atoms with Crippen LogP contribution in [0.15, 0.2) is 41.6 Å². The Morgan fingerprint density at radius 3 is 2.46 bits per heavy atom. The molecule has 0 unspecified atom stereocenters. The van der Waals surface area contributed by atoms with E-state index in [0.717, 1.165) is 11.8 Å². The van der Waals surface area contributed by atoms with E-state index >= 15 is 0 Å². The molecule has 0 radical (unpaired) electrons. The third-order valence-electron chi connectivity index (χ3n) is 3.24. The van der Waals surface area contributed by atoms with E-state index in [1.165, 1.54) is 22.9 Å². The molecule has 3 aromatic rings. The van der Waals surface area contributed by atoms with Gasteiger partial charge in [0, 0.05) is 21.9 Å². The summed E-state index contributed by atoms with van der Waals surface area (Å²) >= 11 is 13.1. The zero-order valence-electron chi connectivity index (χ0n) is 12.0. The van der Waals surface area contributed by atoms with Crippen LogP contribution in [-0.4, -0.2) is 14.9 Å². The number of hydrogen-bond acceptors (Lipinski definition) is 4. The van der Waals surface area contributed by atoms with Crippen molar-refractivity contribution in [1.29, 1.82) is 0 Å². The van der Waals surface area contributed by atoms with Crippen LogP contribution in [0.3, 0.4) is 0 Å². The molecule has 0 aliphatic heterocycles. The minimum absolute atomic E-state index is 0.0300. The lowest BCUT2D eigenvalue weighted by molar-refractivity contribution is 0.566. The summed E-state index contributed by atoms with van der Waals surface area (Å²) in [4.78, 5) is 0. The normalized spacial score (nSPS) is 11.0. The van der Waals surface area contributed by atoms with Gasteiger partial charge in [0.1, 0.15) is 11.6 Å². The SMILES string of the molecule is Nn1c(SCc2c(F)cccc2F)nnc1-c1ccc(Cl)cc1Cl. The van der Waals surface area contributed by atoms with Crippen molar-refractivity contribution in [1.82, 2.24) is 14.9 Å². The number of hydrogen-bond donors (Lipinski definition) is 1. The minimum atomic E-state index is -0.619. The monoisotopic (exact) mass is 386 g/mol. The Balaban J connectivity index is 1.85. The fourth-order valence-corrected chi connectivity index (χ4v) is 3.40. The Kier molecular flexibility index (Phi) is 4.93. The van der Waals surface area contributed by atoms with Crippen molar-refractivity contribution < 1.29 is 8.78 Å². The Morgan fingerprint density at radius 1 is 1.08 bits per heavy atom. The lowest BCUT2D eigenvalue weighted by Crippen LogP contribution is -2.11. The highest BCUT2D eigenvalue weighted by Crippen LogP contribution is 2.31. The smallest absolute Gasteiger partial charge is 0.210 e. The van der Waals surface area contributed by atoms with Crippen LogP contribution in [0.4, 0.5) is 8.78 Å². The van der Waals surface area contributed by atoms with Gasteiger partial charge in [-0.25, -0.2) is 13.5 Å². The van der Waals surface area contributed by atoms with E-state index in [1.807, 2.05) is 0 Å². The van der Waals surface area contributed by atoms with Crippen LogP contribution in [0, 0.1) is 11.6 Å².